The number of nitrogen functional groups attached to an aromatic ring is 1. The van der Waals surface area contributed by atoms with E-state index in [0.29, 0.717) is 23.7 Å². The summed E-state index contributed by atoms with van der Waals surface area (Å²) in [5.74, 6) is -2.00. The number of aromatic nitrogens is 1. The van der Waals surface area contributed by atoms with E-state index in [-0.39, 0.29) is 13.0 Å². The molecule has 1 saturated heterocycles. The highest BCUT2D eigenvalue weighted by molar-refractivity contribution is 5.51. The van der Waals surface area contributed by atoms with Gasteiger partial charge in [0, 0.05) is 13.0 Å². The van der Waals surface area contributed by atoms with Crippen molar-refractivity contribution in [3.63, 3.8) is 0 Å². The summed E-state index contributed by atoms with van der Waals surface area (Å²) in [6.07, 6.45) is -0.0991. The molecule has 0 spiro atoms. The Balaban J connectivity index is 2.21. The molecule has 0 radical (unpaired) electrons. The maximum absolute atomic E-state index is 13.0. The predicted molar refractivity (Wildman–Crippen MR) is 55.2 cm³/mol. The number of alkyl halides is 2. The molecular formula is C10H13F2N3. The van der Waals surface area contributed by atoms with Gasteiger partial charge in [0.2, 0.25) is 0 Å². The van der Waals surface area contributed by atoms with E-state index in [9.17, 15) is 8.78 Å². The van der Waals surface area contributed by atoms with E-state index in [1.807, 2.05) is 0 Å². The van der Waals surface area contributed by atoms with Crippen LogP contribution in [0.4, 0.5) is 20.3 Å². The Morgan fingerprint density at radius 3 is 2.73 bits per heavy atom. The summed E-state index contributed by atoms with van der Waals surface area (Å²) < 4.78 is 25.9. The first-order chi connectivity index (χ1) is 6.98. The quantitative estimate of drug-likeness (QED) is 0.773. The Bertz CT molecular complexity index is 379. The normalized spacial score (nSPS) is 19.5. The molecule has 1 fully saturated rings. The highest BCUT2D eigenvalue weighted by Gasteiger charge is 2.38. The van der Waals surface area contributed by atoms with Crippen LogP contribution in [0.1, 0.15) is 12.1 Å². The Hall–Kier alpha value is -1.39. The smallest absolute Gasteiger partial charge is 0.266 e. The Labute approximate surface area is 86.9 Å². The zero-order valence-electron chi connectivity index (χ0n) is 8.50. The number of pyridine rings is 1. The maximum Gasteiger partial charge on any atom is 0.266 e. The van der Waals surface area contributed by atoms with Crippen molar-refractivity contribution in [2.45, 2.75) is 19.3 Å². The monoisotopic (exact) mass is 213 g/mol. The van der Waals surface area contributed by atoms with Gasteiger partial charge in [0.05, 0.1) is 17.9 Å². The zero-order valence-corrected chi connectivity index (χ0v) is 8.50. The fraction of sp³-hybridized carbons (Fsp3) is 0.500. The molecule has 0 aromatic carbocycles. The van der Waals surface area contributed by atoms with Gasteiger partial charge in [-0.2, -0.15) is 0 Å². The number of nitrogens with zero attached hydrogens (tertiary/aromatic N) is 2. The second kappa shape index (κ2) is 3.32. The number of aryl methyl sites for hydroxylation is 1. The second-order valence-electron chi connectivity index (χ2n) is 3.87. The van der Waals surface area contributed by atoms with Crippen molar-refractivity contribution in [2.75, 3.05) is 23.7 Å². The molecule has 0 bridgehead atoms. The first-order valence-corrected chi connectivity index (χ1v) is 4.84. The van der Waals surface area contributed by atoms with E-state index in [1.165, 1.54) is 0 Å². The van der Waals surface area contributed by atoms with Gasteiger partial charge < -0.3 is 10.6 Å². The minimum absolute atomic E-state index is 0.0991. The third kappa shape index (κ3) is 2.00. The highest BCUT2D eigenvalue weighted by Crippen LogP contribution is 2.30. The van der Waals surface area contributed by atoms with Crippen molar-refractivity contribution in [1.29, 1.82) is 0 Å². The van der Waals surface area contributed by atoms with Gasteiger partial charge in [-0.1, -0.05) is 0 Å². The molecule has 82 valence electrons. The van der Waals surface area contributed by atoms with Crippen molar-refractivity contribution < 1.29 is 8.78 Å². The zero-order chi connectivity index (χ0) is 11.1. The number of anilines is 2. The number of nitrogens with two attached hydrogens (primary N) is 1. The molecule has 2 rings (SSSR count). The molecule has 0 aliphatic carbocycles. The molecular weight excluding hydrogens is 200 g/mol. The average Bonchev–Trinajstić information content (AvgIpc) is 2.51. The first kappa shape index (κ1) is 10.1. The van der Waals surface area contributed by atoms with Crippen molar-refractivity contribution in [3.8, 4) is 0 Å². The van der Waals surface area contributed by atoms with Crippen LogP contribution in [-0.4, -0.2) is 24.0 Å². The highest BCUT2D eigenvalue weighted by atomic mass is 19.3. The van der Waals surface area contributed by atoms with Crippen LogP contribution in [0.5, 0.6) is 0 Å². The summed E-state index contributed by atoms with van der Waals surface area (Å²) in [5, 5.41) is 0. The van der Waals surface area contributed by atoms with Crippen LogP contribution in [0.15, 0.2) is 12.1 Å². The SMILES string of the molecule is Cc1nc(N2CCC(F)(F)C2)ccc1N. The summed E-state index contributed by atoms with van der Waals surface area (Å²) >= 11 is 0. The van der Waals surface area contributed by atoms with E-state index in [4.69, 9.17) is 5.73 Å². The lowest BCUT2D eigenvalue weighted by Gasteiger charge is -2.17. The van der Waals surface area contributed by atoms with E-state index < -0.39 is 5.92 Å². The van der Waals surface area contributed by atoms with Crippen LogP contribution < -0.4 is 10.6 Å². The van der Waals surface area contributed by atoms with Gasteiger partial charge in [-0.3, -0.25) is 0 Å². The van der Waals surface area contributed by atoms with Crippen LogP contribution in [0.2, 0.25) is 0 Å². The van der Waals surface area contributed by atoms with Gasteiger partial charge >= 0.3 is 0 Å². The molecule has 3 nitrogen and oxygen atoms in total. The lowest BCUT2D eigenvalue weighted by atomic mass is 10.3. The molecule has 1 aromatic heterocycles. The van der Waals surface area contributed by atoms with Gasteiger partial charge in [-0.15, -0.1) is 0 Å². The van der Waals surface area contributed by atoms with Gasteiger partial charge in [0.25, 0.3) is 5.92 Å². The van der Waals surface area contributed by atoms with Crippen LogP contribution in [-0.2, 0) is 0 Å². The molecule has 2 N–H and O–H groups in total. The molecule has 1 aliphatic heterocycles. The third-order valence-electron chi connectivity index (χ3n) is 2.61. The van der Waals surface area contributed by atoms with Crippen molar-refractivity contribution in [3.05, 3.63) is 17.8 Å². The number of hydrogen-bond acceptors (Lipinski definition) is 3. The largest absolute Gasteiger partial charge is 0.397 e. The van der Waals surface area contributed by atoms with E-state index in [0.717, 1.165) is 0 Å². The second-order valence-corrected chi connectivity index (χ2v) is 3.87. The minimum Gasteiger partial charge on any atom is -0.397 e. The topological polar surface area (TPSA) is 42.2 Å². The molecule has 0 saturated carbocycles. The minimum atomic E-state index is -2.59. The van der Waals surface area contributed by atoms with Crippen LogP contribution in [0, 0.1) is 6.92 Å². The average molecular weight is 213 g/mol. The molecule has 0 atom stereocenters. The summed E-state index contributed by atoms with van der Waals surface area (Å²) in [7, 11) is 0. The number of rotatable bonds is 1. The van der Waals surface area contributed by atoms with E-state index >= 15 is 0 Å². The molecule has 15 heavy (non-hydrogen) atoms. The molecule has 5 heteroatoms. The predicted octanol–water partition coefficient (Wildman–Crippen LogP) is 1.82. The van der Waals surface area contributed by atoms with E-state index in [1.54, 1.807) is 24.0 Å². The number of halogens is 2. The van der Waals surface area contributed by atoms with Crippen molar-refractivity contribution in [2.24, 2.45) is 0 Å². The fourth-order valence-corrected chi connectivity index (χ4v) is 1.67. The number of hydrogen-bond donors (Lipinski definition) is 1. The van der Waals surface area contributed by atoms with Gasteiger partial charge in [-0.25, -0.2) is 13.8 Å². The van der Waals surface area contributed by atoms with Crippen LogP contribution in [0.25, 0.3) is 0 Å². The summed E-state index contributed by atoms with van der Waals surface area (Å²) in [6, 6.07) is 3.39. The maximum atomic E-state index is 13.0. The van der Waals surface area contributed by atoms with Crippen LogP contribution in [0.3, 0.4) is 0 Å². The van der Waals surface area contributed by atoms with Gasteiger partial charge in [0.1, 0.15) is 5.82 Å². The van der Waals surface area contributed by atoms with E-state index in [2.05, 4.69) is 4.98 Å². The lowest BCUT2D eigenvalue weighted by Crippen LogP contribution is -2.25. The molecule has 0 unspecified atom stereocenters. The Morgan fingerprint density at radius 2 is 2.20 bits per heavy atom. The standard InChI is InChI=1S/C10H13F2N3/c1-7-8(13)2-3-9(14-7)15-5-4-10(11,12)6-15/h2-3H,4-6,13H2,1H3. The van der Waals surface area contributed by atoms with Crippen LogP contribution >= 0.6 is 0 Å². The Morgan fingerprint density at radius 1 is 1.47 bits per heavy atom. The summed E-state index contributed by atoms with van der Waals surface area (Å²) in [4.78, 5) is 5.78. The van der Waals surface area contributed by atoms with Gasteiger partial charge in [0.15, 0.2) is 0 Å². The van der Waals surface area contributed by atoms with Gasteiger partial charge in [-0.05, 0) is 19.1 Å². The summed E-state index contributed by atoms with van der Waals surface area (Å²) in [5.41, 5.74) is 6.88. The third-order valence-corrected chi connectivity index (χ3v) is 2.61. The lowest BCUT2D eigenvalue weighted by molar-refractivity contribution is 0.0256. The van der Waals surface area contributed by atoms with Crippen molar-refractivity contribution >= 4 is 11.5 Å². The Kier molecular flexibility index (Phi) is 2.25. The molecule has 1 aliphatic rings. The van der Waals surface area contributed by atoms with Crippen molar-refractivity contribution in [1.82, 2.24) is 4.98 Å². The molecule has 1 aromatic rings. The molecule has 2 heterocycles. The first-order valence-electron chi connectivity index (χ1n) is 4.84. The summed E-state index contributed by atoms with van der Waals surface area (Å²) in [6.45, 7) is 1.87. The molecule has 0 amide bonds. The fourth-order valence-electron chi connectivity index (χ4n) is 1.67.